The van der Waals surface area contributed by atoms with Crippen molar-refractivity contribution in [3.63, 3.8) is 0 Å². The average Bonchev–Trinajstić information content (AvgIpc) is 4.12. The summed E-state index contributed by atoms with van der Waals surface area (Å²) >= 11 is 0. The number of fused-ring (bicyclic) bond motifs is 18. The zero-order chi connectivity index (χ0) is 44.4. The van der Waals surface area contributed by atoms with Gasteiger partial charge in [0, 0.05) is 50.0 Å². The first-order valence-corrected chi connectivity index (χ1v) is 23.1. The van der Waals surface area contributed by atoms with E-state index in [2.05, 4.69) is 242 Å². The first kappa shape index (κ1) is 37.7. The maximum Gasteiger partial charge on any atom is 0.160 e. The molecule has 0 fully saturated rings. The molecular formula is C63H42N2O2. The Balaban J connectivity index is 1.22. The molecule has 0 radical (unpaired) electrons. The van der Waals surface area contributed by atoms with Crippen LogP contribution >= 0.6 is 0 Å². The van der Waals surface area contributed by atoms with Gasteiger partial charge in [0.1, 0.15) is 16.7 Å². The van der Waals surface area contributed by atoms with Crippen molar-refractivity contribution < 1.29 is 8.83 Å². The highest BCUT2D eigenvalue weighted by Gasteiger charge is 2.54. The van der Waals surface area contributed by atoms with Gasteiger partial charge in [-0.25, -0.2) is 0 Å². The molecule has 0 amide bonds. The summed E-state index contributed by atoms with van der Waals surface area (Å²) in [5.41, 5.74) is 20.9. The normalized spacial score (nSPS) is 13.0. The lowest BCUT2D eigenvalue weighted by molar-refractivity contribution is 0.668. The van der Waals surface area contributed by atoms with Gasteiger partial charge < -0.3 is 18.6 Å². The Morgan fingerprint density at radius 2 is 0.761 bits per heavy atom. The van der Waals surface area contributed by atoms with Gasteiger partial charge >= 0.3 is 0 Å². The smallest absolute Gasteiger partial charge is 0.160 e. The van der Waals surface area contributed by atoms with Gasteiger partial charge in [-0.2, -0.15) is 0 Å². The number of nitrogens with zero attached hydrogens (tertiary/aromatic N) is 2. The fourth-order valence-corrected chi connectivity index (χ4v) is 11.6. The predicted molar refractivity (Wildman–Crippen MR) is 276 cm³/mol. The Bertz CT molecular complexity index is 3890. The second-order valence-electron chi connectivity index (χ2n) is 18.1. The molecule has 0 bridgehead atoms. The lowest BCUT2D eigenvalue weighted by Gasteiger charge is -2.33. The van der Waals surface area contributed by atoms with Crippen molar-refractivity contribution in [3.8, 4) is 22.3 Å². The monoisotopic (exact) mass is 858 g/mol. The van der Waals surface area contributed by atoms with Crippen LogP contribution < -0.4 is 9.80 Å². The van der Waals surface area contributed by atoms with Crippen molar-refractivity contribution in [2.24, 2.45) is 0 Å². The van der Waals surface area contributed by atoms with E-state index >= 15 is 0 Å². The largest absolute Gasteiger partial charge is 0.455 e. The number of hydrogen-bond acceptors (Lipinski definition) is 4. The highest BCUT2D eigenvalue weighted by molar-refractivity contribution is 6.26. The first-order valence-electron chi connectivity index (χ1n) is 23.1. The molecule has 1 spiro atoms. The molecule has 4 heteroatoms. The van der Waals surface area contributed by atoms with Crippen LogP contribution in [-0.4, -0.2) is 0 Å². The van der Waals surface area contributed by atoms with Gasteiger partial charge in [-0.3, -0.25) is 0 Å². The summed E-state index contributed by atoms with van der Waals surface area (Å²) in [5, 5.41) is 4.27. The number of furan rings is 2. The molecule has 10 aromatic carbocycles. The van der Waals surface area contributed by atoms with Crippen LogP contribution in [0, 0.1) is 13.8 Å². The van der Waals surface area contributed by atoms with Gasteiger partial charge in [-0.1, -0.05) is 157 Å². The van der Waals surface area contributed by atoms with Crippen molar-refractivity contribution >= 4 is 78.0 Å². The molecule has 0 aliphatic heterocycles. The number of para-hydroxylation sites is 4. The third kappa shape index (κ3) is 5.24. The Morgan fingerprint density at radius 3 is 1.33 bits per heavy atom. The van der Waals surface area contributed by atoms with Crippen LogP contribution in [0.4, 0.5) is 34.1 Å². The molecule has 316 valence electrons. The standard InChI is InChI=1S/C63H42N2O2/c1-39-29-33-43(34-30-39)64(41-17-5-3-6-18-41)53-37-52-60(62-57(53)47-23-11-15-27-55(47)67-62)59-51(63(52)49-25-13-9-21-45(49)46-22-10-14-26-50(46)63)38-54(61-58(59)48-24-12-16-28-56(48)66-61)65(42-19-7-4-8-20-42)44-35-31-40(2)32-36-44/h3-38H,1-2H3. The van der Waals surface area contributed by atoms with E-state index in [9.17, 15) is 0 Å². The minimum atomic E-state index is -0.758. The van der Waals surface area contributed by atoms with E-state index in [1.807, 2.05) is 0 Å². The molecule has 12 aromatic rings. The van der Waals surface area contributed by atoms with E-state index in [4.69, 9.17) is 8.83 Å². The SMILES string of the molecule is Cc1ccc(N(c2ccccc2)c2cc3c(c4c2oc2ccccc24)-c2c(cc(N(c4ccccc4)c4ccc(C)cc4)c4c2oc2ccccc24)C32c3ccccc3-c3ccccc32)cc1. The minimum Gasteiger partial charge on any atom is -0.455 e. The molecule has 67 heavy (non-hydrogen) atoms. The lowest BCUT2D eigenvalue weighted by atomic mass is 9.70. The van der Waals surface area contributed by atoms with Crippen LogP contribution in [0.3, 0.4) is 0 Å². The molecular weight excluding hydrogens is 817 g/mol. The quantitative estimate of drug-likeness (QED) is 0.167. The van der Waals surface area contributed by atoms with Crippen LogP contribution in [0.1, 0.15) is 33.4 Å². The molecule has 2 aliphatic rings. The van der Waals surface area contributed by atoms with Gasteiger partial charge in [-0.05, 0) is 120 Å². The molecule has 14 rings (SSSR count). The van der Waals surface area contributed by atoms with E-state index in [-0.39, 0.29) is 0 Å². The highest BCUT2D eigenvalue weighted by atomic mass is 16.3. The van der Waals surface area contributed by atoms with Crippen molar-refractivity contribution in [2.75, 3.05) is 9.80 Å². The maximum atomic E-state index is 7.41. The predicted octanol–water partition coefficient (Wildman–Crippen LogP) is 17.4. The summed E-state index contributed by atoms with van der Waals surface area (Å²) in [6.07, 6.45) is 0. The third-order valence-electron chi connectivity index (χ3n) is 14.4. The Kier molecular flexibility index (Phi) is 8.00. The summed E-state index contributed by atoms with van der Waals surface area (Å²) in [4.78, 5) is 4.81. The van der Waals surface area contributed by atoms with Gasteiger partial charge in [0.2, 0.25) is 0 Å². The van der Waals surface area contributed by atoms with Crippen LogP contribution in [0.25, 0.3) is 66.1 Å². The number of anilines is 6. The van der Waals surface area contributed by atoms with E-state index in [0.29, 0.717) is 0 Å². The third-order valence-corrected chi connectivity index (χ3v) is 14.4. The summed E-state index contributed by atoms with van der Waals surface area (Å²) in [6, 6.07) is 79.4. The maximum absolute atomic E-state index is 7.41. The Labute approximate surface area is 388 Å². The average molecular weight is 859 g/mol. The van der Waals surface area contributed by atoms with Crippen molar-refractivity contribution in [3.05, 3.63) is 252 Å². The molecule has 2 aliphatic carbocycles. The van der Waals surface area contributed by atoms with E-state index in [1.165, 1.54) is 44.5 Å². The number of benzene rings is 10. The first-order chi connectivity index (χ1) is 33.1. The summed E-state index contributed by atoms with van der Waals surface area (Å²) in [6.45, 7) is 4.29. The minimum absolute atomic E-state index is 0.758. The highest BCUT2D eigenvalue weighted by Crippen LogP contribution is 2.68. The molecule has 0 saturated carbocycles. The van der Waals surface area contributed by atoms with Crippen molar-refractivity contribution in [2.45, 2.75) is 19.3 Å². The van der Waals surface area contributed by atoms with E-state index < -0.39 is 5.41 Å². The van der Waals surface area contributed by atoms with Crippen LogP contribution in [-0.2, 0) is 5.41 Å². The Hall–Kier alpha value is -8.60. The van der Waals surface area contributed by atoms with Crippen LogP contribution in [0.5, 0.6) is 0 Å². The zero-order valence-electron chi connectivity index (χ0n) is 37.0. The van der Waals surface area contributed by atoms with Crippen molar-refractivity contribution in [1.29, 1.82) is 0 Å². The molecule has 0 atom stereocenters. The molecule has 0 saturated heterocycles. The van der Waals surface area contributed by atoms with Crippen LogP contribution in [0.15, 0.2) is 227 Å². The second-order valence-corrected chi connectivity index (χ2v) is 18.1. The molecule has 0 unspecified atom stereocenters. The van der Waals surface area contributed by atoms with E-state index in [0.717, 1.165) is 89.1 Å². The number of aryl methyl sites for hydroxylation is 2. The Morgan fingerprint density at radius 1 is 0.343 bits per heavy atom. The summed E-state index contributed by atoms with van der Waals surface area (Å²) < 4.78 is 14.6. The number of rotatable bonds is 6. The molecule has 0 N–H and O–H groups in total. The lowest BCUT2D eigenvalue weighted by Crippen LogP contribution is -2.26. The fourth-order valence-electron chi connectivity index (χ4n) is 11.6. The van der Waals surface area contributed by atoms with Gasteiger partial charge in [0.25, 0.3) is 0 Å². The van der Waals surface area contributed by atoms with Crippen LogP contribution in [0.2, 0.25) is 0 Å². The molecule has 4 nitrogen and oxygen atoms in total. The summed E-state index contributed by atoms with van der Waals surface area (Å²) in [5.74, 6) is 0. The number of hydrogen-bond donors (Lipinski definition) is 0. The molecule has 2 heterocycles. The van der Waals surface area contributed by atoms with Gasteiger partial charge in [0.05, 0.1) is 22.2 Å². The topological polar surface area (TPSA) is 32.8 Å². The van der Waals surface area contributed by atoms with Gasteiger partial charge in [-0.15, -0.1) is 0 Å². The summed E-state index contributed by atoms with van der Waals surface area (Å²) in [7, 11) is 0. The van der Waals surface area contributed by atoms with Crippen molar-refractivity contribution in [1.82, 2.24) is 0 Å². The fraction of sp³-hybridized carbons (Fsp3) is 0.0476. The second kappa shape index (κ2) is 14.2. The van der Waals surface area contributed by atoms with E-state index in [1.54, 1.807) is 0 Å². The van der Waals surface area contributed by atoms with Gasteiger partial charge in [0.15, 0.2) is 5.58 Å². The molecule has 2 aromatic heterocycles. The zero-order valence-corrected chi connectivity index (χ0v) is 37.0.